The first-order valence-electron chi connectivity index (χ1n) is 7.17. The second-order valence-corrected chi connectivity index (χ2v) is 5.47. The van der Waals surface area contributed by atoms with Gasteiger partial charge in [-0.1, -0.05) is 12.1 Å². The maximum atomic E-state index is 11.7. The standard InChI is InChI=1S/C15H21N3O/c19-15-11-18(10-7-12-5-8-16-9-6-12)14-4-2-1-3-13(14)17-15/h1-4,12,16H,5-11H2,(H,17,19). The van der Waals surface area contributed by atoms with Crippen LogP contribution < -0.4 is 15.5 Å². The fraction of sp³-hybridized carbons (Fsp3) is 0.533. The van der Waals surface area contributed by atoms with Crippen molar-refractivity contribution < 1.29 is 4.79 Å². The predicted molar refractivity (Wildman–Crippen MR) is 77.5 cm³/mol. The van der Waals surface area contributed by atoms with E-state index in [0.29, 0.717) is 6.54 Å². The van der Waals surface area contributed by atoms with Crippen molar-refractivity contribution in [3.8, 4) is 0 Å². The largest absolute Gasteiger partial charge is 0.361 e. The summed E-state index contributed by atoms with van der Waals surface area (Å²) < 4.78 is 0. The molecule has 1 fully saturated rings. The zero-order valence-corrected chi connectivity index (χ0v) is 11.2. The van der Waals surface area contributed by atoms with Crippen molar-refractivity contribution in [3.63, 3.8) is 0 Å². The number of para-hydroxylation sites is 2. The number of nitrogens with one attached hydrogen (secondary N) is 2. The van der Waals surface area contributed by atoms with Crippen LogP contribution in [0.25, 0.3) is 0 Å². The van der Waals surface area contributed by atoms with Gasteiger partial charge in [-0.25, -0.2) is 0 Å². The smallest absolute Gasteiger partial charge is 0.243 e. The normalized spacial score (nSPS) is 20.0. The number of hydrogen-bond acceptors (Lipinski definition) is 3. The summed E-state index contributed by atoms with van der Waals surface area (Å²) in [5.74, 6) is 0.905. The lowest BCUT2D eigenvalue weighted by atomic mass is 9.94. The second-order valence-electron chi connectivity index (χ2n) is 5.47. The van der Waals surface area contributed by atoms with E-state index >= 15 is 0 Å². The number of benzene rings is 1. The van der Waals surface area contributed by atoms with Gasteiger partial charge in [0.15, 0.2) is 0 Å². The monoisotopic (exact) mass is 259 g/mol. The third-order valence-electron chi connectivity index (χ3n) is 4.12. The average Bonchev–Trinajstić information content (AvgIpc) is 2.45. The molecule has 4 nitrogen and oxygen atoms in total. The van der Waals surface area contributed by atoms with Crippen molar-refractivity contribution in [2.75, 3.05) is 36.4 Å². The number of anilines is 2. The van der Waals surface area contributed by atoms with Crippen LogP contribution in [-0.4, -0.2) is 32.1 Å². The third kappa shape index (κ3) is 2.89. The molecule has 102 valence electrons. The van der Waals surface area contributed by atoms with Gasteiger partial charge in [-0.2, -0.15) is 0 Å². The topological polar surface area (TPSA) is 44.4 Å². The van der Waals surface area contributed by atoms with Crippen LogP contribution >= 0.6 is 0 Å². The summed E-state index contributed by atoms with van der Waals surface area (Å²) in [7, 11) is 0. The summed E-state index contributed by atoms with van der Waals surface area (Å²) in [5.41, 5.74) is 2.11. The summed E-state index contributed by atoms with van der Waals surface area (Å²) in [6.45, 7) is 3.75. The molecule has 0 unspecified atom stereocenters. The number of nitrogens with zero attached hydrogens (tertiary/aromatic N) is 1. The molecule has 1 aromatic carbocycles. The number of carbonyl (C=O) groups excluding carboxylic acids is 1. The summed E-state index contributed by atoms with van der Waals surface area (Å²) >= 11 is 0. The van der Waals surface area contributed by atoms with Crippen molar-refractivity contribution in [3.05, 3.63) is 24.3 Å². The van der Waals surface area contributed by atoms with Crippen LogP contribution in [0.15, 0.2) is 24.3 Å². The van der Waals surface area contributed by atoms with Crippen LogP contribution in [0, 0.1) is 5.92 Å². The Balaban J connectivity index is 1.65. The molecule has 4 heteroatoms. The third-order valence-corrected chi connectivity index (χ3v) is 4.12. The Labute approximate surface area is 114 Å². The quantitative estimate of drug-likeness (QED) is 0.870. The van der Waals surface area contributed by atoms with Crippen LogP contribution in [0.3, 0.4) is 0 Å². The van der Waals surface area contributed by atoms with E-state index in [0.717, 1.165) is 36.9 Å². The lowest BCUT2D eigenvalue weighted by molar-refractivity contribution is -0.115. The molecule has 0 bridgehead atoms. The van der Waals surface area contributed by atoms with E-state index in [2.05, 4.69) is 21.6 Å². The van der Waals surface area contributed by atoms with Crippen molar-refractivity contribution in [2.45, 2.75) is 19.3 Å². The van der Waals surface area contributed by atoms with Gasteiger partial charge in [-0.15, -0.1) is 0 Å². The molecule has 0 spiro atoms. The molecule has 0 aliphatic carbocycles. The lowest BCUT2D eigenvalue weighted by Gasteiger charge is -2.32. The molecule has 1 aromatic rings. The average molecular weight is 259 g/mol. The highest BCUT2D eigenvalue weighted by Gasteiger charge is 2.22. The molecule has 0 radical (unpaired) electrons. The highest BCUT2D eigenvalue weighted by molar-refractivity contribution is 6.01. The number of fused-ring (bicyclic) bond motifs is 1. The molecule has 3 rings (SSSR count). The van der Waals surface area contributed by atoms with Gasteiger partial charge >= 0.3 is 0 Å². The zero-order chi connectivity index (χ0) is 13.1. The maximum Gasteiger partial charge on any atom is 0.243 e. The van der Waals surface area contributed by atoms with E-state index in [-0.39, 0.29) is 5.91 Å². The highest BCUT2D eigenvalue weighted by Crippen LogP contribution is 2.29. The van der Waals surface area contributed by atoms with Crippen LogP contribution in [0.1, 0.15) is 19.3 Å². The number of hydrogen-bond donors (Lipinski definition) is 2. The van der Waals surface area contributed by atoms with Gasteiger partial charge in [0.2, 0.25) is 5.91 Å². The number of carbonyl (C=O) groups is 1. The summed E-state index contributed by atoms with van der Waals surface area (Å²) in [6.07, 6.45) is 3.71. The number of rotatable bonds is 3. The minimum Gasteiger partial charge on any atom is -0.361 e. The summed E-state index contributed by atoms with van der Waals surface area (Å²) in [6, 6.07) is 8.07. The fourth-order valence-electron chi connectivity index (χ4n) is 3.01. The molecular weight excluding hydrogens is 238 g/mol. The van der Waals surface area contributed by atoms with Crippen molar-refractivity contribution in [1.82, 2.24) is 5.32 Å². The summed E-state index contributed by atoms with van der Waals surface area (Å²) in [4.78, 5) is 13.9. The molecule has 19 heavy (non-hydrogen) atoms. The van der Waals surface area contributed by atoms with E-state index in [4.69, 9.17) is 0 Å². The molecule has 1 saturated heterocycles. The molecular formula is C15H21N3O. The second kappa shape index (κ2) is 5.61. The first-order chi connectivity index (χ1) is 9.33. The molecule has 1 amide bonds. The Kier molecular flexibility index (Phi) is 3.69. The van der Waals surface area contributed by atoms with Crippen LogP contribution in [0.4, 0.5) is 11.4 Å². The van der Waals surface area contributed by atoms with E-state index in [9.17, 15) is 4.79 Å². The number of piperidine rings is 1. The van der Waals surface area contributed by atoms with E-state index in [1.165, 1.54) is 19.3 Å². The SMILES string of the molecule is O=C1CN(CCC2CCNCC2)c2ccccc2N1. The molecule has 0 saturated carbocycles. The Hall–Kier alpha value is -1.55. The molecule has 2 heterocycles. The molecule has 0 atom stereocenters. The van der Waals surface area contributed by atoms with Gasteiger partial charge in [0.05, 0.1) is 17.9 Å². The van der Waals surface area contributed by atoms with E-state index in [1.54, 1.807) is 0 Å². The van der Waals surface area contributed by atoms with Crippen LogP contribution in [0.2, 0.25) is 0 Å². The first kappa shape index (κ1) is 12.5. The summed E-state index contributed by atoms with van der Waals surface area (Å²) in [5, 5.41) is 6.33. The predicted octanol–water partition coefficient (Wildman–Crippen LogP) is 1.83. The van der Waals surface area contributed by atoms with Gasteiger partial charge in [0.25, 0.3) is 0 Å². The van der Waals surface area contributed by atoms with Crippen molar-refractivity contribution >= 4 is 17.3 Å². The van der Waals surface area contributed by atoms with Crippen LogP contribution in [-0.2, 0) is 4.79 Å². The van der Waals surface area contributed by atoms with Gasteiger partial charge in [-0.05, 0) is 50.4 Å². The van der Waals surface area contributed by atoms with Crippen LogP contribution in [0.5, 0.6) is 0 Å². The molecule has 0 aromatic heterocycles. The Morgan fingerprint density at radius 2 is 2.00 bits per heavy atom. The van der Waals surface area contributed by atoms with Gasteiger partial charge < -0.3 is 15.5 Å². The molecule has 2 aliphatic rings. The number of amides is 1. The van der Waals surface area contributed by atoms with E-state index in [1.807, 2.05) is 18.2 Å². The highest BCUT2D eigenvalue weighted by atomic mass is 16.2. The Morgan fingerprint density at radius 3 is 2.84 bits per heavy atom. The molecule has 2 N–H and O–H groups in total. The minimum atomic E-state index is 0.101. The van der Waals surface area contributed by atoms with Crippen molar-refractivity contribution in [1.29, 1.82) is 0 Å². The zero-order valence-electron chi connectivity index (χ0n) is 11.2. The minimum absolute atomic E-state index is 0.101. The first-order valence-corrected chi connectivity index (χ1v) is 7.17. The van der Waals surface area contributed by atoms with Crippen molar-refractivity contribution in [2.24, 2.45) is 5.92 Å². The van der Waals surface area contributed by atoms with Gasteiger partial charge in [0, 0.05) is 6.54 Å². The Bertz CT molecular complexity index is 454. The Morgan fingerprint density at radius 1 is 1.21 bits per heavy atom. The maximum absolute atomic E-state index is 11.7. The molecule has 2 aliphatic heterocycles. The van der Waals surface area contributed by atoms with Gasteiger partial charge in [0.1, 0.15) is 0 Å². The lowest BCUT2D eigenvalue weighted by Crippen LogP contribution is -2.39. The fourth-order valence-corrected chi connectivity index (χ4v) is 3.01. The van der Waals surface area contributed by atoms with E-state index < -0.39 is 0 Å². The van der Waals surface area contributed by atoms with Gasteiger partial charge in [-0.3, -0.25) is 4.79 Å².